The summed E-state index contributed by atoms with van der Waals surface area (Å²) in [6, 6.07) is 5.56. The van der Waals surface area contributed by atoms with Gasteiger partial charge in [-0.05, 0) is 75.6 Å². The second-order valence-electron chi connectivity index (χ2n) is 7.51. The number of carbonyl (C=O) groups is 1. The van der Waals surface area contributed by atoms with Crippen molar-refractivity contribution in [3.63, 3.8) is 0 Å². The third-order valence-corrected chi connectivity index (χ3v) is 6.49. The molecule has 1 aliphatic rings. The number of aromatic nitrogens is 1. The van der Waals surface area contributed by atoms with Gasteiger partial charge in [0.05, 0.1) is 5.57 Å². The van der Waals surface area contributed by atoms with Crippen molar-refractivity contribution in [1.82, 2.24) is 4.98 Å². The smallest absolute Gasteiger partial charge is 0.256 e. The molecule has 6 heteroatoms. The average Bonchev–Trinajstić information content (AvgIpc) is 3.16. The maximum Gasteiger partial charge on any atom is 0.256 e. The molecule has 0 saturated heterocycles. The largest absolute Gasteiger partial charge is 0.359 e. The Morgan fingerprint density at radius 3 is 2.55 bits per heavy atom. The second-order valence-corrected chi connectivity index (χ2v) is 8.56. The normalized spacial score (nSPS) is 15.7. The van der Waals surface area contributed by atoms with Crippen LogP contribution in [0, 0.1) is 20.8 Å². The van der Waals surface area contributed by atoms with Gasteiger partial charge in [0.2, 0.25) is 0 Å². The molecule has 0 spiro atoms. The minimum atomic E-state index is -0.570. The SMILES string of the molecule is C=CC/C=C(F)\C(CSc1ccc2c(c1)/C(=C/c1[nH]c(C)c(C)c1C)C(=O)N2)=C(/C)F. The monoisotopic (exact) mass is 440 g/mol. The first kappa shape index (κ1) is 22.8. The first-order valence-corrected chi connectivity index (χ1v) is 11.0. The number of aromatic amines is 1. The number of rotatable bonds is 7. The highest BCUT2D eigenvalue weighted by atomic mass is 32.2. The number of allylic oxidation sites excluding steroid dienone is 4. The molecule has 0 atom stereocenters. The van der Waals surface area contributed by atoms with Crippen molar-refractivity contribution in [1.29, 1.82) is 0 Å². The highest BCUT2D eigenvalue weighted by Gasteiger charge is 2.25. The molecule has 0 unspecified atom stereocenters. The van der Waals surface area contributed by atoms with E-state index in [0.717, 1.165) is 33.1 Å². The van der Waals surface area contributed by atoms with E-state index in [-0.39, 0.29) is 17.2 Å². The molecular weight excluding hydrogens is 414 g/mol. The number of anilines is 1. The van der Waals surface area contributed by atoms with Crippen molar-refractivity contribution in [2.45, 2.75) is 39.0 Å². The van der Waals surface area contributed by atoms with Crippen LogP contribution in [0.2, 0.25) is 0 Å². The summed E-state index contributed by atoms with van der Waals surface area (Å²) in [7, 11) is 0. The number of hydrogen-bond acceptors (Lipinski definition) is 2. The van der Waals surface area contributed by atoms with Crippen LogP contribution in [0.5, 0.6) is 0 Å². The number of hydrogen-bond donors (Lipinski definition) is 2. The van der Waals surface area contributed by atoms with E-state index in [1.165, 1.54) is 30.3 Å². The molecule has 0 bridgehead atoms. The minimum Gasteiger partial charge on any atom is -0.359 e. The number of thioether (sulfide) groups is 1. The Kier molecular flexibility index (Phi) is 7.01. The Labute approximate surface area is 186 Å². The Bertz CT molecular complexity index is 1130. The molecule has 3 rings (SSSR count). The number of halogens is 2. The molecule has 2 aromatic rings. The average molecular weight is 441 g/mol. The number of fused-ring (bicyclic) bond motifs is 1. The van der Waals surface area contributed by atoms with Crippen molar-refractivity contribution in [3.05, 3.63) is 82.2 Å². The third kappa shape index (κ3) is 4.90. The van der Waals surface area contributed by atoms with E-state index in [4.69, 9.17) is 0 Å². The van der Waals surface area contributed by atoms with E-state index in [1.54, 1.807) is 6.08 Å². The second kappa shape index (κ2) is 9.52. The van der Waals surface area contributed by atoms with Crippen LogP contribution in [0.3, 0.4) is 0 Å². The van der Waals surface area contributed by atoms with Gasteiger partial charge in [-0.1, -0.05) is 6.08 Å². The molecule has 0 radical (unpaired) electrons. The molecule has 2 N–H and O–H groups in total. The van der Waals surface area contributed by atoms with Crippen LogP contribution in [0.1, 0.15) is 41.4 Å². The van der Waals surface area contributed by atoms with Gasteiger partial charge in [-0.15, -0.1) is 18.3 Å². The van der Waals surface area contributed by atoms with Crippen LogP contribution in [0.4, 0.5) is 14.5 Å². The fourth-order valence-electron chi connectivity index (χ4n) is 3.36. The van der Waals surface area contributed by atoms with E-state index >= 15 is 0 Å². The summed E-state index contributed by atoms with van der Waals surface area (Å²) in [5.74, 6) is -1.13. The fourth-order valence-corrected chi connectivity index (χ4v) is 4.37. The van der Waals surface area contributed by atoms with Crippen LogP contribution in [0.15, 0.2) is 59.1 Å². The molecule has 3 nitrogen and oxygen atoms in total. The van der Waals surface area contributed by atoms with Gasteiger partial charge < -0.3 is 10.3 Å². The summed E-state index contributed by atoms with van der Waals surface area (Å²) in [5.41, 5.74) is 6.35. The van der Waals surface area contributed by atoms with Gasteiger partial charge in [-0.3, -0.25) is 4.79 Å². The van der Waals surface area contributed by atoms with Gasteiger partial charge in [0.15, 0.2) is 0 Å². The highest BCUT2D eigenvalue weighted by molar-refractivity contribution is 7.99. The number of benzene rings is 1. The van der Waals surface area contributed by atoms with Crippen molar-refractivity contribution in [3.8, 4) is 0 Å². The Hall–Kier alpha value is -2.86. The number of aryl methyl sites for hydroxylation is 1. The van der Waals surface area contributed by atoms with E-state index < -0.39 is 11.7 Å². The first-order chi connectivity index (χ1) is 14.7. The Balaban J connectivity index is 1.88. The molecule has 0 saturated carbocycles. The zero-order chi connectivity index (χ0) is 22.7. The molecule has 31 heavy (non-hydrogen) atoms. The first-order valence-electron chi connectivity index (χ1n) is 10.0. The van der Waals surface area contributed by atoms with Gasteiger partial charge in [0, 0.05) is 38.9 Å². The van der Waals surface area contributed by atoms with Gasteiger partial charge in [-0.2, -0.15) is 0 Å². The predicted octanol–water partition coefficient (Wildman–Crippen LogP) is 7.20. The predicted molar refractivity (Wildman–Crippen MR) is 126 cm³/mol. The fraction of sp³-hybridized carbons (Fsp3) is 0.240. The van der Waals surface area contributed by atoms with Crippen molar-refractivity contribution >= 4 is 35.0 Å². The maximum atomic E-state index is 14.3. The molecule has 1 aromatic heterocycles. The summed E-state index contributed by atoms with van der Waals surface area (Å²) in [4.78, 5) is 16.7. The lowest BCUT2D eigenvalue weighted by Crippen LogP contribution is -2.03. The zero-order valence-electron chi connectivity index (χ0n) is 18.2. The lowest BCUT2D eigenvalue weighted by atomic mass is 10.0. The van der Waals surface area contributed by atoms with Crippen molar-refractivity contribution in [2.24, 2.45) is 0 Å². The lowest BCUT2D eigenvalue weighted by Gasteiger charge is -2.08. The minimum absolute atomic E-state index is 0.0327. The van der Waals surface area contributed by atoms with Gasteiger partial charge in [-0.25, -0.2) is 8.78 Å². The third-order valence-electron chi connectivity index (χ3n) is 5.46. The molecule has 1 aromatic carbocycles. The highest BCUT2D eigenvalue weighted by Crippen LogP contribution is 2.37. The van der Waals surface area contributed by atoms with Crippen LogP contribution in [-0.2, 0) is 4.79 Å². The molecule has 2 heterocycles. The van der Waals surface area contributed by atoms with Gasteiger partial charge in [0.25, 0.3) is 5.91 Å². The molecule has 1 aliphatic heterocycles. The zero-order valence-corrected chi connectivity index (χ0v) is 19.0. The number of carbonyl (C=O) groups excluding carboxylic acids is 1. The standard InChI is InChI=1S/C25H26F2N2OS/c1-6-7-8-22(27)21(16(4)26)13-31-18-9-10-23-19(11-18)20(25(30)29-23)12-24-15(3)14(2)17(5)28-24/h6,8-12,28H,1,7,13H2,2-5H3,(H,29,30)/b20-12-,21-16+,22-8+. The van der Waals surface area contributed by atoms with Gasteiger partial charge in [0.1, 0.15) is 11.7 Å². The van der Waals surface area contributed by atoms with Crippen molar-refractivity contribution in [2.75, 3.05) is 11.1 Å². The number of amides is 1. The quantitative estimate of drug-likeness (QED) is 0.207. The molecule has 162 valence electrons. The molecular formula is C25H26F2N2OS. The Morgan fingerprint density at radius 1 is 1.19 bits per heavy atom. The lowest BCUT2D eigenvalue weighted by molar-refractivity contribution is -0.110. The Morgan fingerprint density at radius 2 is 1.94 bits per heavy atom. The van der Waals surface area contributed by atoms with Crippen LogP contribution < -0.4 is 5.32 Å². The molecule has 0 aliphatic carbocycles. The summed E-state index contributed by atoms with van der Waals surface area (Å²) < 4.78 is 28.2. The van der Waals surface area contributed by atoms with Gasteiger partial charge >= 0.3 is 0 Å². The maximum absolute atomic E-state index is 14.3. The van der Waals surface area contributed by atoms with Crippen LogP contribution >= 0.6 is 11.8 Å². The summed E-state index contributed by atoms with van der Waals surface area (Å²) in [6.45, 7) is 10.9. The summed E-state index contributed by atoms with van der Waals surface area (Å²) in [5, 5.41) is 2.88. The topological polar surface area (TPSA) is 44.9 Å². The van der Waals surface area contributed by atoms with E-state index in [0.29, 0.717) is 12.0 Å². The summed E-state index contributed by atoms with van der Waals surface area (Å²) in [6.07, 6.45) is 5.08. The van der Waals surface area contributed by atoms with Crippen molar-refractivity contribution < 1.29 is 13.6 Å². The van der Waals surface area contributed by atoms with Crippen LogP contribution in [0.25, 0.3) is 11.6 Å². The molecule has 1 amide bonds. The van der Waals surface area contributed by atoms with Crippen LogP contribution in [-0.4, -0.2) is 16.6 Å². The number of nitrogens with one attached hydrogen (secondary N) is 2. The van der Waals surface area contributed by atoms with E-state index in [2.05, 4.69) is 16.9 Å². The molecule has 0 fully saturated rings. The van der Waals surface area contributed by atoms with E-state index in [9.17, 15) is 13.6 Å². The summed E-state index contributed by atoms with van der Waals surface area (Å²) >= 11 is 1.33. The number of H-pyrrole nitrogens is 1. The van der Waals surface area contributed by atoms with E-state index in [1.807, 2.05) is 45.0 Å².